The zero-order valence-electron chi connectivity index (χ0n) is 12.1. The van der Waals surface area contributed by atoms with Crippen molar-refractivity contribution in [2.24, 2.45) is 4.99 Å². The summed E-state index contributed by atoms with van der Waals surface area (Å²) >= 11 is 14.0. The van der Waals surface area contributed by atoms with Gasteiger partial charge in [0.25, 0.3) is 0 Å². The fourth-order valence-corrected chi connectivity index (χ4v) is 3.99. The van der Waals surface area contributed by atoms with Gasteiger partial charge in [-0.25, -0.2) is 4.99 Å². The molecule has 6 heteroatoms. The molecule has 0 radical (unpaired) electrons. The minimum absolute atomic E-state index is 0.499. The van der Waals surface area contributed by atoms with E-state index in [4.69, 9.17) is 28.2 Å². The first-order valence-corrected chi connectivity index (χ1v) is 8.96. The third-order valence-electron chi connectivity index (χ3n) is 3.73. The zero-order chi connectivity index (χ0) is 15.8. The van der Waals surface area contributed by atoms with Gasteiger partial charge < -0.3 is 4.57 Å². The molecule has 2 heterocycles. The van der Waals surface area contributed by atoms with Crippen molar-refractivity contribution < 1.29 is 0 Å². The van der Waals surface area contributed by atoms with Crippen LogP contribution >= 0.6 is 34.5 Å². The Balaban J connectivity index is 1.88. The SMILES string of the molecule is Clc1ccc(-c2csc(=Nc3cccnc3)n2C2CC2)c(Cl)c1. The molecule has 0 atom stereocenters. The first-order chi connectivity index (χ1) is 11.2. The van der Waals surface area contributed by atoms with Gasteiger partial charge in [0.15, 0.2) is 4.80 Å². The van der Waals surface area contributed by atoms with Crippen molar-refractivity contribution in [1.29, 1.82) is 0 Å². The molecule has 116 valence electrons. The van der Waals surface area contributed by atoms with Crippen LogP contribution in [0.15, 0.2) is 53.1 Å². The van der Waals surface area contributed by atoms with Gasteiger partial charge >= 0.3 is 0 Å². The van der Waals surface area contributed by atoms with Gasteiger partial charge in [-0.05, 0) is 43.2 Å². The Morgan fingerprint density at radius 3 is 2.78 bits per heavy atom. The minimum Gasteiger partial charge on any atom is -0.313 e. The Bertz CT molecular complexity index is 911. The normalized spacial score (nSPS) is 15.1. The van der Waals surface area contributed by atoms with Crippen LogP contribution in [0.3, 0.4) is 0 Å². The van der Waals surface area contributed by atoms with Gasteiger partial charge in [0, 0.05) is 28.2 Å². The molecule has 3 aromatic rings. The molecule has 2 aromatic heterocycles. The predicted molar refractivity (Wildman–Crippen MR) is 95.5 cm³/mol. The lowest BCUT2D eigenvalue weighted by Gasteiger charge is -2.09. The van der Waals surface area contributed by atoms with E-state index < -0.39 is 0 Å². The smallest absolute Gasteiger partial charge is 0.190 e. The van der Waals surface area contributed by atoms with Gasteiger partial charge in [-0.15, -0.1) is 11.3 Å². The van der Waals surface area contributed by atoms with E-state index in [1.807, 2.05) is 24.3 Å². The molecule has 0 bridgehead atoms. The first-order valence-electron chi connectivity index (χ1n) is 7.32. The van der Waals surface area contributed by atoms with Crippen LogP contribution in [0.1, 0.15) is 18.9 Å². The second-order valence-corrected chi connectivity index (χ2v) is 7.13. The van der Waals surface area contributed by atoms with E-state index in [0.717, 1.165) is 21.7 Å². The molecule has 3 nitrogen and oxygen atoms in total. The van der Waals surface area contributed by atoms with Crippen LogP contribution in [0, 0.1) is 0 Å². The van der Waals surface area contributed by atoms with Gasteiger partial charge in [-0.2, -0.15) is 0 Å². The second-order valence-electron chi connectivity index (χ2n) is 5.45. The van der Waals surface area contributed by atoms with Crippen molar-refractivity contribution in [1.82, 2.24) is 9.55 Å². The Morgan fingerprint density at radius 1 is 1.22 bits per heavy atom. The average molecular weight is 362 g/mol. The fourth-order valence-electron chi connectivity index (χ4n) is 2.51. The number of pyridine rings is 1. The molecule has 1 fully saturated rings. The molecule has 0 spiro atoms. The summed E-state index contributed by atoms with van der Waals surface area (Å²) in [6.07, 6.45) is 5.87. The highest BCUT2D eigenvalue weighted by Gasteiger charge is 2.28. The van der Waals surface area contributed by atoms with E-state index in [-0.39, 0.29) is 0 Å². The maximum Gasteiger partial charge on any atom is 0.190 e. The molecule has 0 amide bonds. The number of halogens is 2. The van der Waals surface area contributed by atoms with Crippen molar-refractivity contribution >= 4 is 40.2 Å². The van der Waals surface area contributed by atoms with Gasteiger partial charge in [0.05, 0.1) is 22.6 Å². The average Bonchev–Trinajstić information content (AvgIpc) is 3.30. The summed E-state index contributed by atoms with van der Waals surface area (Å²) in [5.74, 6) is 0. The van der Waals surface area contributed by atoms with Crippen LogP contribution in [0.5, 0.6) is 0 Å². The van der Waals surface area contributed by atoms with Gasteiger partial charge in [0.1, 0.15) is 0 Å². The van der Waals surface area contributed by atoms with Crippen LogP contribution in [0.4, 0.5) is 5.69 Å². The van der Waals surface area contributed by atoms with Crippen LogP contribution < -0.4 is 4.80 Å². The highest BCUT2D eigenvalue weighted by atomic mass is 35.5. The van der Waals surface area contributed by atoms with Crippen molar-refractivity contribution in [2.45, 2.75) is 18.9 Å². The molecule has 1 saturated carbocycles. The largest absolute Gasteiger partial charge is 0.313 e. The summed E-state index contributed by atoms with van der Waals surface area (Å²) in [4.78, 5) is 9.84. The summed E-state index contributed by atoms with van der Waals surface area (Å²) in [6, 6.07) is 9.97. The Kier molecular flexibility index (Phi) is 3.97. The van der Waals surface area contributed by atoms with E-state index in [1.165, 1.54) is 12.8 Å². The Morgan fingerprint density at radius 2 is 2.09 bits per heavy atom. The molecule has 1 aromatic carbocycles. The molecule has 1 aliphatic rings. The maximum atomic E-state index is 6.40. The second kappa shape index (κ2) is 6.11. The molecule has 0 unspecified atom stereocenters. The summed E-state index contributed by atoms with van der Waals surface area (Å²) in [5, 5.41) is 3.42. The van der Waals surface area contributed by atoms with E-state index >= 15 is 0 Å². The van der Waals surface area contributed by atoms with Crippen LogP contribution in [0.2, 0.25) is 10.0 Å². The Labute approximate surface area is 147 Å². The zero-order valence-corrected chi connectivity index (χ0v) is 14.4. The van der Waals surface area contributed by atoms with Crippen LogP contribution in [-0.2, 0) is 0 Å². The van der Waals surface area contributed by atoms with Gasteiger partial charge in [0.2, 0.25) is 0 Å². The number of nitrogens with zero attached hydrogens (tertiary/aromatic N) is 3. The predicted octanol–water partition coefficient (Wildman–Crippen LogP) is 5.49. The van der Waals surface area contributed by atoms with Gasteiger partial charge in [-0.3, -0.25) is 4.98 Å². The highest BCUT2D eigenvalue weighted by Crippen LogP contribution is 2.40. The Hall–Kier alpha value is -1.62. The van der Waals surface area contributed by atoms with Crippen molar-refractivity contribution in [3.63, 3.8) is 0 Å². The van der Waals surface area contributed by atoms with Crippen LogP contribution in [0.25, 0.3) is 11.3 Å². The molecule has 0 saturated heterocycles. The standard InChI is InChI=1S/C17H13Cl2N3S/c18-11-3-6-14(15(19)8-11)16-10-23-17(22(16)13-4-5-13)21-12-2-1-7-20-9-12/h1-3,6-10,13H,4-5H2. The maximum absolute atomic E-state index is 6.40. The lowest BCUT2D eigenvalue weighted by molar-refractivity contribution is 0.724. The summed E-state index contributed by atoms with van der Waals surface area (Å²) in [5.41, 5.74) is 2.95. The van der Waals surface area contributed by atoms with Crippen molar-refractivity contribution in [3.05, 3.63) is 63.0 Å². The summed E-state index contributed by atoms with van der Waals surface area (Å²) < 4.78 is 2.28. The first kappa shape index (κ1) is 14.9. The monoisotopic (exact) mass is 361 g/mol. The molecular weight excluding hydrogens is 349 g/mol. The summed E-state index contributed by atoms with van der Waals surface area (Å²) in [6.45, 7) is 0. The number of hydrogen-bond donors (Lipinski definition) is 0. The number of rotatable bonds is 3. The lowest BCUT2D eigenvalue weighted by Crippen LogP contribution is -2.14. The quantitative estimate of drug-likeness (QED) is 0.606. The van der Waals surface area contributed by atoms with E-state index in [0.29, 0.717) is 16.1 Å². The van der Waals surface area contributed by atoms with Gasteiger partial charge in [-0.1, -0.05) is 23.2 Å². The van der Waals surface area contributed by atoms with E-state index in [2.05, 4.69) is 14.9 Å². The minimum atomic E-state index is 0.499. The molecule has 23 heavy (non-hydrogen) atoms. The number of hydrogen-bond acceptors (Lipinski definition) is 3. The molecular formula is C17H13Cl2N3S. The molecule has 0 aliphatic heterocycles. The highest BCUT2D eigenvalue weighted by molar-refractivity contribution is 7.07. The fraction of sp³-hybridized carbons (Fsp3) is 0.176. The van der Waals surface area contributed by atoms with E-state index in [9.17, 15) is 0 Å². The van der Waals surface area contributed by atoms with Crippen molar-refractivity contribution in [3.8, 4) is 11.3 Å². The number of benzene rings is 1. The molecule has 4 rings (SSSR count). The molecule has 0 N–H and O–H groups in total. The third kappa shape index (κ3) is 3.07. The topological polar surface area (TPSA) is 30.2 Å². The number of aromatic nitrogens is 2. The van der Waals surface area contributed by atoms with Crippen LogP contribution in [-0.4, -0.2) is 9.55 Å². The third-order valence-corrected chi connectivity index (χ3v) is 5.12. The summed E-state index contributed by atoms with van der Waals surface area (Å²) in [7, 11) is 0. The van der Waals surface area contributed by atoms with E-state index in [1.54, 1.807) is 29.8 Å². The number of thiazole rings is 1. The molecule has 1 aliphatic carbocycles. The van der Waals surface area contributed by atoms with Crippen molar-refractivity contribution in [2.75, 3.05) is 0 Å². The lowest BCUT2D eigenvalue weighted by atomic mass is 10.1.